The lowest BCUT2D eigenvalue weighted by Crippen LogP contribution is -2.54. The number of ether oxygens (including phenoxy) is 2. The third kappa shape index (κ3) is 3.70. The monoisotopic (exact) mass is 430 g/mol. The zero-order chi connectivity index (χ0) is 19.6. The number of imide groups is 2. The molecular weight excluding hydrogens is 416 g/mol. The Bertz CT molecular complexity index is 953. The number of hydrogen-bond acceptors (Lipinski definition) is 5. The Morgan fingerprint density at radius 1 is 1.00 bits per heavy atom. The van der Waals surface area contributed by atoms with Crippen LogP contribution >= 0.6 is 15.9 Å². The van der Waals surface area contributed by atoms with Crippen LogP contribution in [0, 0.1) is 0 Å². The second-order valence-electron chi connectivity index (χ2n) is 5.54. The number of benzene rings is 2. The Hall–Kier alpha value is -3.13. The van der Waals surface area contributed by atoms with Crippen LogP contribution in [0.1, 0.15) is 5.56 Å². The standard InChI is InChI=1S/C19H15BrN2O5/c1-26-14-8-3-11(16(10-14)27-2)9-15-17(23)21-19(25)22(18(15)24)13-6-4-12(20)5-7-13/h3-10H,1-2H3,(H,21,23,25). The van der Waals surface area contributed by atoms with Crippen LogP contribution in [0.15, 0.2) is 52.5 Å². The van der Waals surface area contributed by atoms with Gasteiger partial charge in [0.1, 0.15) is 17.1 Å². The lowest BCUT2D eigenvalue weighted by molar-refractivity contribution is -0.122. The lowest BCUT2D eigenvalue weighted by Gasteiger charge is -2.26. The van der Waals surface area contributed by atoms with Gasteiger partial charge in [-0.15, -0.1) is 0 Å². The summed E-state index contributed by atoms with van der Waals surface area (Å²) in [6.07, 6.45) is 1.38. The molecule has 0 bridgehead atoms. The Kier molecular flexibility index (Phi) is 5.27. The normalized spacial score (nSPS) is 15.7. The van der Waals surface area contributed by atoms with Crippen LogP contribution in [0.4, 0.5) is 10.5 Å². The number of anilines is 1. The number of carbonyl (C=O) groups excluding carboxylic acids is 3. The molecule has 1 aliphatic heterocycles. The molecule has 2 aromatic rings. The molecule has 138 valence electrons. The molecule has 27 heavy (non-hydrogen) atoms. The van der Waals surface area contributed by atoms with Crippen LogP contribution < -0.4 is 19.7 Å². The number of hydrogen-bond donors (Lipinski definition) is 1. The lowest BCUT2D eigenvalue weighted by atomic mass is 10.1. The van der Waals surface area contributed by atoms with Crippen LogP contribution in [0.5, 0.6) is 11.5 Å². The van der Waals surface area contributed by atoms with Crippen molar-refractivity contribution in [1.29, 1.82) is 0 Å². The van der Waals surface area contributed by atoms with E-state index in [-0.39, 0.29) is 5.57 Å². The first-order valence-corrected chi connectivity index (χ1v) is 8.63. The molecule has 0 radical (unpaired) electrons. The average Bonchev–Trinajstić information content (AvgIpc) is 2.66. The van der Waals surface area contributed by atoms with E-state index < -0.39 is 17.8 Å². The number of barbiturate groups is 1. The summed E-state index contributed by atoms with van der Waals surface area (Å²) < 4.78 is 11.2. The zero-order valence-corrected chi connectivity index (χ0v) is 16.1. The van der Waals surface area contributed by atoms with Gasteiger partial charge < -0.3 is 9.47 Å². The highest BCUT2D eigenvalue weighted by molar-refractivity contribution is 9.10. The number of nitrogens with zero attached hydrogens (tertiary/aromatic N) is 1. The topological polar surface area (TPSA) is 84.9 Å². The minimum absolute atomic E-state index is 0.180. The van der Waals surface area contributed by atoms with Crippen molar-refractivity contribution >= 4 is 45.5 Å². The summed E-state index contributed by atoms with van der Waals surface area (Å²) >= 11 is 3.30. The van der Waals surface area contributed by atoms with Crippen molar-refractivity contribution < 1.29 is 23.9 Å². The molecular formula is C19H15BrN2O5. The summed E-state index contributed by atoms with van der Waals surface area (Å²) in [6, 6.07) is 10.8. The maximum atomic E-state index is 12.9. The van der Waals surface area contributed by atoms with Gasteiger partial charge in [-0.1, -0.05) is 15.9 Å². The Labute approximate surface area is 163 Å². The molecule has 1 heterocycles. The third-order valence-electron chi connectivity index (χ3n) is 3.93. The fourth-order valence-corrected chi connectivity index (χ4v) is 2.84. The number of nitrogens with one attached hydrogen (secondary N) is 1. The SMILES string of the molecule is COc1ccc(C=C2C(=O)NC(=O)N(c3ccc(Br)cc3)C2=O)c(OC)c1. The minimum atomic E-state index is -0.800. The van der Waals surface area contributed by atoms with Crippen molar-refractivity contribution in [3.63, 3.8) is 0 Å². The predicted molar refractivity (Wildman–Crippen MR) is 103 cm³/mol. The summed E-state index contributed by atoms with van der Waals surface area (Å²) in [4.78, 5) is 38.2. The molecule has 0 unspecified atom stereocenters. The Morgan fingerprint density at radius 2 is 1.70 bits per heavy atom. The first-order valence-electron chi connectivity index (χ1n) is 7.83. The Morgan fingerprint density at radius 3 is 2.33 bits per heavy atom. The van der Waals surface area contributed by atoms with Crippen molar-refractivity contribution in [1.82, 2.24) is 5.32 Å². The summed E-state index contributed by atoms with van der Waals surface area (Å²) in [6.45, 7) is 0. The van der Waals surface area contributed by atoms with Gasteiger partial charge in [-0.05, 0) is 42.5 Å². The number of halogens is 1. The number of amides is 4. The van der Waals surface area contributed by atoms with Crippen LogP contribution in [0.25, 0.3) is 6.08 Å². The maximum absolute atomic E-state index is 12.9. The van der Waals surface area contributed by atoms with Crippen LogP contribution in [0.3, 0.4) is 0 Å². The molecule has 1 N–H and O–H groups in total. The van der Waals surface area contributed by atoms with E-state index in [0.29, 0.717) is 22.7 Å². The van der Waals surface area contributed by atoms with Gasteiger partial charge in [0.2, 0.25) is 0 Å². The van der Waals surface area contributed by atoms with E-state index in [9.17, 15) is 14.4 Å². The van der Waals surface area contributed by atoms with Gasteiger partial charge >= 0.3 is 6.03 Å². The van der Waals surface area contributed by atoms with Gasteiger partial charge in [0.15, 0.2) is 0 Å². The van der Waals surface area contributed by atoms with E-state index in [1.54, 1.807) is 42.5 Å². The van der Waals surface area contributed by atoms with Crippen molar-refractivity contribution in [2.45, 2.75) is 0 Å². The zero-order valence-electron chi connectivity index (χ0n) is 14.5. The molecule has 7 nitrogen and oxygen atoms in total. The summed E-state index contributed by atoms with van der Waals surface area (Å²) in [5, 5.41) is 2.18. The maximum Gasteiger partial charge on any atom is 0.335 e. The molecule has 3 rings (SSSR count). The largest absolute Gasteiger partial charge is 0.497 e. The van der Waals surface area contributed by atoms with Gasteiger partial charge in [0, 0.05) is 16.1 Å². The molecule has 8 heteroatoms. The molecule has 2 aromatic carbocycles. The second-order valence-corrected chi connectivity index (χ2v) is 6.46. The van der Waals surface area contributed by atoms with E-state index in [2.05, 4.69) is 21.2 Å². The van der Waals surface area contributed by atoms with Crippen molar-refractivity contribution in [3.05, 3.63) is 58.1 Å². The molecule has 1 saturated heterocycles. The van der Waals surface area contributed by atoms with Crippen LogP contribution in [0.2, 0.25) is 0 Å². The molecule has 0 aromatic heterocycles. The van der Waals surface area contributed by atoms with Gasteiger partial charge in [-0.25, -0.2) is 9.69 Å². The molecule has 0 saturated carbocycles. The van der Waals surface area contributed by atoms with E-state index in [1.165, 1.54) is 20.3 Å². The number of rotatable bonds is 4. The van der Waals surface area contributed by atoms with E-state index in [1.807, 2.05) is 0 Å². The van der Waals surface area contributed by atoms with E-state index >= 15 is 0 Å². The molecule has 0 aliphatic carbocycles. The quantitative estimate of drug-likeness (QED) is 0.594. The summed E-state index contributed by atoms with van der Waals surface area (Å²) in [5.41, 5.74) is 0.670. The van der Waals surface area contributed by atoms with Crippen LogP contribution in [-0.2, 0) is 9.59 Å². The molecule has 4 amide bonds. The average molecular weight is 431 g/mol. The van der Waals surface area contributed by atoms with Gasteiger partial charge in [-0.3, -0.25) is 14.9 Å². The fourth-order valence-electron chi connectivity index (χ4n) is 2.58. The van der Waals surface area contributed by atoms with Crippen molar-refractivity contribution in [3.8, 4) is 11.5 Å². The highest BCUT2D eigenvalue weighted by Gasteiger charge is 2.36. The van der Waals surface area contributed by atoms with E-state index in [0.717, 1.165) is 9.37 Å². The van der Waals surface area contributed by atoms with Crippen molar-refractivity contribution in [2.75, 3.05) is 19.1 Å². The van der Waals surface area contributed by atoms with Gasteiger partial charge in [-0.2, -0.15) is 0 Å². The molecule has 1 fully saturated rings. The number of methoxy groups -OCH3 is 2. The number of urea groups is 1. The molecule has 0 atom stereocenters. The number of carbonyl (C=O) groups is 3. The van der Waals surface area contributed by atoms with Crippen molar-refractivity contribution in [2.24, 2.45) is 0 Å². The van der Waals surface area contributed by atoms with E-state index in [4.69, 9.17) is 9.47 Å². The first-order chi connectivity index (χ1) is 12.9. The first kappa shape index (κ1) is 18.7. The predicted octanol–water partition coefficient (Wildman–Crippen LogP) is 3.13. The molecule has 1 aliphatic rings. The minimum Gasteiger partial charge on any atom is -0.497 e. The Balaban J connectivity index is 2.03. The second kappa shape index (κ2) is 7.63. The fraction of sp³-hybridized carbons (Fsp3) is 0.105. The summed E-state index contributed by atoms with van der Waals surface area (Å²) in [7, 11) is 2.99. The van der Waals surface area contributed by atoms with Crippen LogP contribution in [-0.4, -0.2) is 32.1 Å². The van der Waals surface area contributed by atoms with Gasteiger partial charge in [0.05, 0.1) is 19.9 Å². The smallest absolute Gasteiger partial charge is 0.335 e. The highest BCUT2D eigenvalue weighted by atomic mass is 79.9. The summed E-state index contributed by atoms with van der Waals surface area (Å²) in [5.74, 6) is -0.491. The van der Waals surface area contributed by atoms with Gasteiger partial charge in [0.25, 0.3) is 11.8 Å². The molecule has 0 spiro atoms. The highest BCUT2D eigenvalue weighted by Crippen LogP contribution is 2.28. The third-order valence-corrected chi connectivity index (χ3v) is 4.46.